The molecule has 0 saturated heterocycles. The average molecular weight is 471 g/mol. The summed E-state index contributed by atoms with van der Waals surface area (Å²) < 4.78 is 33.8. The van der Waals surface area contributed by atoms with Crippen molar-refractivity contribution < 1.29 is 17.9 Å². The highest BCUT2D eigenvalue weighted by molar-refractivity contribution is 7.92. The van der Waals surface area contributed by atoms with Gasteiger partial charge in [0.25, 0.3) is 15.9 Å². The van der Waals surface area contributed by atoms with Crippen LogP contribution < -0.4 is 9.46 Å². The molecule has 1 aliphatic heterocycles. The highest BCUT2D eigenvalue weighted by Crippen LogP contribution is 2.27. The first-order valence-corrected chi connectivity index (χ1v) is 12.1. The predicted molar refractivity (Wildman–Crippen MR) is 125 cm³/mol. The van der Waals surface area contributed by atoms with Gasteiger partial charge in [-0.2, -0.15) is 0 Å². The van der Waals surface area contributed by atoms with E-state index in [1.165, 1.54) is 23.8 Å². The number of sulfonamides is 1. The first-order valence-electron chi connectivity index (χ1n) is 10.3. The van der Waals surface area contributed by atoms with Gasteiger partial charge in [-0.3, -0.25) is 9.52 Å². The SMILES string of the molecule is CCOc1ccc(NS(=O)(=O)c2ccc(Cl)c(C(=O)N3CCc4ccccc4C3)c2)cc1. The molecule has 0 atom stereocenters. The van der Waals surface area contributed by atoms with E-state index < -0.39 is 10.0 Å². The van der Waals surface area contributed by atoms with Gasteiger partial charge in [0.05, 0.1) is 22.1 Å². The molecule has 3 aromatic rings. The maximum Gasteiger partial charge on any atom is 0.261 e. The summed E-state index contributed by atoms with van der Waals surface area (Å²) in [5, 5.41) is 0.217. The number of nitrogens with one attached hydrogen (secondary N) is 1. The summed E-state index contributed by atoms with van der Waals surface area (Å²) in [6, 6.07) is 18.8. The van der Waals surface area contributed by atoms with Gasteiger partial charge in [-0.25, -0.2) is 8.42 Å². The van der Waals surface area contributed by atoms with E-state index >= 15 is 0 Å². The van der Waals surface area contributed by atoms with Gasteiger partial charge in [0.2, 0.25) is 0 Å². The quantitative estimate of drug-likeness (QED) is 0.564. The Kier molecular flexibility index (Phi) is 6.39. The highest BCUT2D eigenvalue weighted by Gasteiger charge is 2.25. The summed E-state index contributed by atoms with van der Waals surface area (Å²) in [5.41, 5.74) is 2.87. The third kappa shape index (κ3) is 4.74. The Morgan fingerprint density at radius 2 is 1.78 bits per heavy atom. The summed E-state index contributed by atoms with van der Waals surface area (Å²) in [6.45, 7) is 3.41. The normalized spacial score (nSPS) is 13.4. The minimum Gasteiger partial charge on any atom is -0.494 e. The third-order valence-electron chi connectivity index (χ3n) is 5.31. The molecule has 3 aromatic carbocycles. The summed E-state index contributed by atoms with van der Waals surface area (Å²) in [4.78, 5) is 14.8. The zero-order valence-electron chi connectivity index (χ0n) is 17.5. The van der Waals surface area contributed by atoms with Gasteiger partial charge in [0, 0.05) is 18.8 Å². The zero-order valence-corrected chi connectivity index (χ0v) is 19.1. The van der Waals surface area contributed by atoms with E-state index in [4.69, 9.17) is 16.3 Å². The lowest BCUT2D eigenvalue weighted by atomic mass is 9.99. The molecular weight excluding hydrogens is 448 g/mol. The summed E-state index contributed by atoms with van der Waals surface area (Å²) >= 11 is 6.29. The Labute approximate surface area is 192 Å². The van der Waals surface area contributed by atoms with Gasteiger partial charge in [0.1, 0.15) is 5.75 Å². The van der Waals surface area contributed by atoms with Gasteiger partial charge in [-0.05, 0) is 66.9 Å². The molecule has 0 fully saturated rings. The second kappa shape index (κ2) is 9.22. The van der Waals surface area contributed by atoms with Crippen LogP contribution in [0.4, 0.5) is 5.69 Å². The number of fused-ring (bicyclic) bond motifs is 1. The lowest BCUT2D eigenvalue weighted by molar-refractivity contribution is 0.0734. The number of nitrogens with zero attached hydrogens (tertiary/aromatic N) is 1. The monoisotopic (exact) mass is 470 g/mol. The number of rotatable bonds is 6. The topological polar surface area (TPSA) is 75.7 Å². The molecule has 0 aromatic heterocycles. The molecule has 8 heteroatoms. The largest absolute Gasteiger partial charge is 0.494 e. The minimum atomic E-state index is -3.91. The van der Waals surface area contributed by atoms with Crippen LogP contribution in [-0.4, -0.2) is 32.4 Å². The molecule has 6 nitrogen and oxygen atoms in total. The fraction of sp³-hybridized carbons (Fsp3) is 0.208. The van der Waals surface area contributed by atoms with Crippen LogP contribution in [0.3, 0.4) is 0 Å². The van der Waals surface area contributed by atoms with Gasteiger partial charge in [-0.1, -0.05) is 35.9 Å². The van der Waals surface area contributed by atoms with Crippen molar-refractivity contribution in [3.05, 3.63) is 88.4 Å². The van der Waals surface area contributed by atoms with E-state index in [2.05, 4.69) is 10.8 Å². The van der Waals surface area contributed by atoms with Crippen molar-refractivity contribution in [3.8, 4) is 5.75 Å². The summed E-state index contributed by atoms with van der Waals surface area (Å²) in [6.07, 6.45) is 0.747. The second-order valence-electron chi connectivity index (χ2n) is 7.45. The molecule has 1 aliphatic rings. The van der Waals surface area contributed by atoms with Gasteiger partial charge in [0.15, 0.2) is 0 Å². The molecule has 0 bridgehead atoms. The second-order valence-corrected chi connectivity index (χ2v) is 9.54. The van der Waals surface area contributed by atoms with Crippen molar-refractivity contribution in [1.82, 2.24) is 4.90 Å². The Morgan fingerprint density at radius 3 is 2.50 bits per heavy atom. The van der Waals surface area contributed by atoms with E-state index in [-0.39, 0.29) is 21.4 Å². The number of halogens is 1. The standard InChI is InChI=1S/C24H23ClN2O4S/c1-2-31-20-9-7-19(8-10-20)26-32(29,30)21-11-12-23(25)22(15-21)24(28)27-14-13-17-5-3-4-6-18(17)16-27/h3-12,15,26H,2,13-14,16H2,1H3. The summed E-state index contributed by atoms with van der Waals surface area (Å²) in [7, 11) is -3.91. The van der Waals surface area contributed by atoms with Gasteiger partial charge >= 0.3 is 0 Å². The number of hydrogen-bond acceptors (Lipinski definition) is 4. The van der Waals surface area contributed by atoms with Gasteiger partial charge < -0.3 is 9.64 Å². The van der Waals surface area contributed by atoms with E-state index in [1.807, 2.05) is 25.1 Å². The first-order chi connectivity index (χ1) is 15.4. The fourth-order valence-corrected chi connectivity index (χ4v) is 4.96. The molecule has 1 amide bonds. The van der Waals surface area contributed by atoms with Gasteiger partial charge in [-0.15, -0.1) is 0 Å². The Balaban J connectivity index is 1.56. The number of ether oxygens (including phenoxy) is 1. The Hall–Kier alpha value is -3.03. The minimum absolute atomic E-state index is 0.0310. The zero-order chi connectivity index (χ0) is 22.7. The Bertz CT molecular complexity index is 1240. The van der Waals surface area contributed by atoms with Crippen LogP contribution in [0.2, 0.25) is 5.02 Å². The van der Waals surface area contributed by atoms with E-state index in [1.54, 1.807) is 29.2 Å². The maximum atomic E-state index is 13.2. The van der Waals surface area contributed by atoms with E-state index in [0.717, 1.165) is 12.0 Å². The number of carbonyl (C=O) groups excluding carboxylic acids is 1. The first kappa shape index (κ1) is 22.2. The lowest BCUT2D eigenvalue weighted by Gasteiger charge is -2.29. The van der Waals surface area contributed by atoms with E-state index in [0.29, 0.717) is 31.1 Å². The van der Waals surface area contributed by atoms with Crippen LogP contribution in [-0.2, 0) is 23.0 Å². The van der Waals surface area contributed by atoms with Crippen LogP contribution in [0.5, 0.6) is 5.75 Å². The molecule has 1 N–H and O–H groups in total. The number of benzene rings is 3. The molecule has 4 rings (SSSR count). The molecular formula is C24H23ClN2O4S. The van der Waals surface area contributed by atoms with Crippen molar-refractivity contribution in [1.29, 1.82) is 0 Å². The van der Waals surface area contributed by atoms with Crippen LogP contribution in [0.1, 0.15) is 28.4 Å². The molecule has 32 heavy (non-hydrogen) atoms. The molecule has 0 saturated carbocycles. The van der Waals surface area contributed by atoms with Crippen molar-refractivity contribution in [2.75, 3.05) is 17.9 Å². The van der Waals surface area contributed by atoms with Crippen LogP contribution >= 0.6 is 11.6 Å². The fourth-order valence-electron chi connectivity index (χ4n) is 3.67. The van der Waals surface area contributed by atoms with Crippen molar-refractivity contribution >= 4 is 33.2 Å². The molecule has 1 heterocycles. The molecule has 0 spiro atoms. The molecule has 0 radical (unpaired) electrons. The van der Waals surface area contributed by atoms with Crippen molar-refractivity contribution in [2.45, 2.75) is 24.8 Å². The van der Waals surface area contributed by atoms with E-state index in [9.17, 15) is 13.2 Å². The smallest absolute Gasteiger partial charge is 0.261 e. The maximum absolute atomic E-state index is 13.2. The highest BCUT2D eigenvalue weighted by atomic mass is 35.5. The summed E-state index contributed by atoms with van der Waals surface area (Å²) in [5.74, 6) is 0.362. The third-order valence-corrected chi connectivity index (χ3v) is 7.02. The number of hydrogen-bond donors (Lipinski definition) is 1. The average Bonchev–Trinajstić information content (AvgIpc) is 2.80. The number of carbonyl (C=O) groups is 1. The van der Waals surface area contributed by atoms with Crippen molar-refractivity contribution in [3.63, 3.8) is 0 Å². The number of anilines is 1. The number of amides is 1. The van der Waals surface area contributed by atoms with Crippen LogP contribution in [0.15, 0.2) is 71.6 Å². The van der Waals surface area contributed by atoms with Crippen molar-refractivity contribution in [2.24, 2.45) is 0 Å². The predicted octanol–water partition coefficient (Wildman–Crippen LogP) is 4.74. The molecule has 0 unspecified atom stereocenters. The molecule has 0 aliphatic carbocycles. The van der Waals surface area contributed by atoms with Crippen LogP contribution in [0.25, 0.3) is 0 Å². The van der Waals surface area contributed by atoms with Crippen LogP contribution in [0, 0.1) is 0 Å². The lowest BCUT2D eigenvalue weighted by Crippen LogP contribution is -2.36. The molecule has 166 valence electrons. The Morgan fingerprint density at radius 1 is 1.06 bits per heavy atom.